The maximum absolute atomic E-state index is 12.8. The molecule has 6 heteroatoms. The molecular formula is C15H21FN4O. The highest BCUT2D eigenvalue weighted by Gasteiger charge is 2.19. The number of piperazine rings is 1. The van der Waals surface area contributed by atoms with E-state index in [0.717, 1.165) is 25.2 Å². The number of carbonyl (C=O) groups is 1. The number of halogens is 1. The number of nitrogens with one attached hydrogen (secondary N) is 1. The van der Waals surface area contributed by atoms with Gasteiger partial charge in [-0.15, -0.1) is 0 Å². The van der Waals surface area contributed by atoms with E-state index in [9.17, 15) is 9.18 Å². The molecule has 0 unspecified atom stereocenters. The second-order valence-electron chi connectivity index (χ2n) is 4.95. The number of hydrogen-bond acceptors (Lipinski definition) is 3. The molecule has 2 amide bonds. The zero-order chi connectivity index (χ0) is 15.1. The highest BCUT2D eigenvalue weighted by Crippen LogP contribution is 2.04. The van der Waals surface area contributed by atoms with Gasteiger partial charge in [-0.1, -0.05) is 12.1 Å². The van der Waals surface area contributed by atoms with E-state index in [1.807, 2.05) is 0 Å². The third-order valence-corrected chi connectivity index (χ3v) is 3.46. The Hall–Kier alpha value is -1.92. The van der Waals surface area contributed by atoms with E-state index >= 15 is 0 Å². The van der Waals surface area contributed by atoms with Crippen LogP contribution in [0.15, 0.2) is 30.5 Å². The molecule has 1 saturated heterocycles. The van der Waals surface area contributed by atoms with Gasteiger partial charge in [0.05, 0.1) is 0 Å². The summed E-state index contributed by atoms with van der Waals surface area (Å²) >= 11 is 0. The number of hydrogen-bond donors (Lipinski definition) is 2. The number of nitrogens with zero attached hydrogens (tertiary/aromatic N) is 2. The molecule has 1 heterocycles. The normalized spacial score (nSPS) is 16.4. The lowest BCUT2D eigenvalue weighted by molar-refractivity contribution is 0.143. The van der Waals surface area contributed by atoms with Crippen molar-refractivity contribution in [3.05, 3.63) is 41.8 Å². The summed E-state index contributed by atoms with van der Waals surface area (Å²) in [6.45, 7) is 4.64. The van der Waals surface area contributed by atoms with Crippen LogP contribution in [0.25, 0.3) is 6.08 Å². The number of benzene rings is 1. The molecule has 0 saturated carbocycles. The van der Waals surface area contributed by atoms with Crippen molar-refractivity contribution in [2.75, 3.05) is 39.3 Å². The second-order valence-corrected chi connectivity index (χ2v) is 4.95. The van der Waals surface area contributed by atoms with Crippen molar-refractivity contribution in [2.24, 2.45) is 5.73 Å². The highest BCUT2D eigenvalue weighted by molar-refractivity contribution is 5.76. The van der Waals surface area contributed by atoms with Crippen LogP contribution < -0.4 is 11.1 Å². The molecule has 1 aromatic rings. The average molecular weight is 292 g/mol. The molecule has 3 N–H and O–H groups in total. The maximum Gasteiger partial charge on any atom is 0.321 e. The predicted octanol–water partition coefficient (Wildman–Crippen LogP) is 1.08. The highest BCUT2D eigenvalue weighted by atomic mass is 19.1. The van der Waals surface area contributed by atoms with Gasteiger partial charge in [0.1, 0.15) is 5.82 Å². The van der Waals surface area contributed by atoms with E-state index in [1.165, 1.54) is 12.1 Å². The standard InChI is InChI=1S/C15H21FN4O/c16-14-3-1-13(2-4-14)5-7-18-15(21)20-11-9-19(8-6-17)10-12-20/h1-5,7H,6,8-12,17H2,(H,18,21)/b7-5+. The quantitative estimate of drug-likeness (QED) is 0.873. The Morgan fingerprint density at radius 2 is 1.90 bits per heavy atom. The molecule has 5 nitrogen and oxygen atoms in total. The Kier molecular flexibility index (Phi) is 5.71. The van der Waals surface area contributed by atoms with Crippen LogP contribution in [-0.4, -0.2) is 55.1 Å². The van der Waals surface area contributed by atoms with Gasteiger partial charge >= 0.3 is 6.03 Å². The van der Waals surface area contributed by atoms with Gasteiger partial charge in [0.2, 0.25) is 0 Å². The maximum atomic E-state index is 12.8. The van der Waals surface area contributed by atoms with E-state index < -0.39 is 0 Å². The molecule has 0 bridgehead atoms. The summed E-state index contributed by atoms with van der Waals surface area (Å²) in [6, 6.07) is 5.98. The van der Waals surface area contributed by atoms with Gasteiger partial charge in [0.25, 0.3) is 0 Å². The van der Waals surface area contributed by atoms with Crippen molar-refractivity contribution in [3.63, 3.8) is 0 Å². The molecular weight excluding hydrogens is 271 g/mol. The molecule has 1 fully saturated rings. The average Bonchev–Trinajstić information content (AvgIpc) is 2.50. The number of amides is 2. The first-order valence-corrected chi connectivity index (χ1v) is 7.09. The fraction of sp³-hybridized carbons (Fsp3) is 0.400. The molecule has 0 spiro atoms. The summed E-state index contributed by atoms with van der Waals surface area (Å²) in [5.74, 6) is -0.272. The molecule has 0 aliphatic carbocycles. The summed E-state index contributed by atoms with van der Waals surface area (Å²) in [4.78, 5) is 16.0. The van der Waals surface area contributed by atoms with E-state index in [-0.39, 0.29) is 11.8 Å². The first-order chi connectivity index (χ1) is 10.2. The summed E-state index contributed by atoms with van der Waals surface area (Å²) in [5, 5.41) is 2.73. The SMILES string of the molecule is NCCN1CCN(C(=O)N/C=C/c2ccc(F)cc2)CC1. The van der Waals surface area contributed by atoms with Crippen LogP contribution in [0.1, 0.15) is 5.56 Å². The molecule has 114 valence electrons. The molecule has 1 aliphatic heterocycles. The smallest absolute Gasteiger partial charge is 0.321 e. The summed E-state index contributed by atoms with van der Waals surface area (Å²) < 4.78 is 12.8. The van der Waals surface area contributed by atoms with E-state index in [4.69, 9.17) is 5.73 Å². The largest absolute Gasteiger partial charge is 0.329 e. The zero-order valence-corrected chi connectivity index (χ0v) is 12.0. The van der Waals surface area contributed by atoms with Gasteiger partial charge in [0.15, 0.2) is 0 Å². The Balaban J connectivity index is 1.76. The summed E-state index contributed by atoms with van der Waals surface area (Å²) in [6.07, 6.45) is 3.32. The first kappa shape index (κ1) is 15.5. The van der Waals surface area contributed by atoms with Gasteiger partial charge < -0.3 is 16.0 Å². The second kappa shape index (κ2) is 7.75. The minimum atomic E-state index is -0.272. The Bertz CT molecular complexity index is 481. The van der Waals surface area contributed by atoms with Gasteiger partial charge in [-0.05, 0) is 23.8 Å². The summed E-state index contributed by atoms with van der Waals surface area (Å²) in [7, 11) is 0. The number of nitrogens with two attached hydrogens (primary N) is 1. The fourth-order valence-corrected chi connectivity index (χ4v) is 2.23. The molecule has 0 atom stereocenters. The first-order valence-electron chi connectivity index (χ1n) is 7.09. The number of rotatable bonds is 4. The molecule has 0 aromatic heterocycles. The van der Waals surface area contributed by atoms with Gasteiger partial charge in [0, 0.05) is 45.5 Å². The van der Waals surface area contributed by atoms with Gasteiger partial charge in [-0.25, -0.2) is 9.18 Å². The minimum Gasteiger partial charge on any atom is -0.329 e. The molecule has 0 radical (unpaired) electrons. The minimum absolute atomic E-state index is 0.110. The molecule has 2 rings (SSSR count). The van der Waals surface area contributed by atoms with Crippen molar-refractivity contribution in [1.82, 2.24) is 15.1 Å². The fourth-order valence-electron chi connectivity index (χ4n) is 2.23. The van der Waals surface area contributed by atoms with Crippen LogP contribution in [0.3, 0.4) is 0 Å². The predicted molar refractivity (Wildman–Crippen MR) is 81.0 cm³/mol. The van der Waals surface area contributed by atoms with Crippen LogP contribution in [0.4, 0.5) is 9.18 Å². The van der Waals surface area contributed by atoms with Gasteiger partial charge in [-0.2, -0.15) is 0 Å². The van der Waals surface area contributed by atoms with Crippen molar-refractivity contribution in [3.8, 4) is 0 Å². The number of urea groups is 1. The van der Waals surface area contributed by atoms with Crippen molar-refractivity contribution < 1.29 is 9.18 Å². The van der Waals surface area contributed by atoms with Crippen molar-refractivity contribution in [2.45, 2.75) is 0 Å². The van der Waals surface area contributed by atoms with Crippen LogP contribution in [0.5, 0.6) is 0 Å². The van der Waals surface area contributed by atoms with Crippen molar-refractivity contribution in [1.29, 1.82) is 0 Å². The van der Waals surface area contributed by atoms with Crippen LogP contribution in [0.2, 0.25) is 0 Å². The third-order valence-electron chi connectivity index (χ3n) is 3.46. The van der Waals surface area contributed by atoms with Crippen LogP contribution >= 0.6 is 0 Å². The van der Waals surface area contributed by atoms with Crippen LogP contribution in [-0.2, 0) is 0 Å². The van der Waals surface area contributed by atoms with E-state index in [1.54, 1.807) is 29.3 Å². The number of carbonyl (C=O) groups excluding carboxylic acids is 1. The van der Waals surface area contributed by atoms with Crippen molar-refractivity contribution >= 4 is 12.1 Å². The Labute approximate surface area is 124 Å². The van der Waals surface area contributed by atoms with Crippen LogP contribution in [0, 0.1) is 5.82 Å². The van der Waals surface area contributed by atoms with E-state index in [0.29, 0.717) is 19.6 Å². The topological polar surface area (TPSA) is 61.6 Å². The Morgan fingerprint density at radius 3 is 2.52 bits per heavy atom. The Morgan fingerprint density at radius 1 is 1.24 bits per heavy atom. The van der Waals surface area contributed by atoms with Gasteiger partial charge in [-0.3, -0.25) is 4.90 Å². The lowest BCUT2D eigenvalue weighted by Gasteiger charge is -2.34. The summed E-state index contributed by atoms with van der Waals surface area (Å²) in [5.41, 5.74) is 6.35. The molecule has 1 aromatic carbocycles. The molecule has 21 heavy (non-hydrogen) atoms. The lowest BCUT2D eigenvalue weighted by atomic mass is 10.2. The monoisotopic (exact) mass is 292 g/mol. The third kappa shape index (κ3) is 4.84. The zero-order valence-electron chi connectivity index (χ0n) is 12.0. The van der Waals surface area contributed by atoms with E-state index in [2.05, 4.69) is 10.2 Å². The lowest BCUT2D eigenvalue weighted by Crippen LogP contribution is -2.51. The molecule has 1 aliphatic rings.